The van der Waals surface area contributed by atoms with Crippen LogP contribution in [0.5, 0.6) is 5.75 Å². The second-order valence-electron chi connectivity index (χ2n) is 11.2. The van der Waals surface area contributed by atoms with E-state index in [1.165, 1.54) is 24.3 Å². The summed E-state index contributed by atoms with van der Waals surface area (Å²) in [7, 11) is 0. The topological polar surface area (TPSA) is 119 Å². The lowest BCUT2D eigenvalue weighted by molar-refractivity contribution is -0.384. The van der Waals surface area contributed by atoms with Gasteiger partial charge in [0, 0.05) is 29.6 Å². The van der Waals surface area contributed by atoms with Crippen LogP contribution < -0.4 is 10.1 Å². The maximum absolute atomic E-state index is 15.1. The third kappa shape index (κ3) is 4.11. The fourth-order valence-electron chi connectivity index (χ4n) is 7.22. The second kappa shape index (κ2) is 10.7. The molecule has 3 aliphatic heterocycles. The molecule has 4 aromatic rings. The van der Waals surface area contributed by atoms with Gasteiger partial charge in [-0.1, -0.05) is 79.4 Å². The van der Waals surface area contributed by atoms with Crippen LogP contribution in [0.1, 0.15) is 43.4 Å². The number of amides is 1. The number of fused-ring (bicyclic) bond motifs is 6. The van der Waals surface area contributed by atoms with E-state index in [0.29, 0.717) is 17.0 Å². The number of rotatable bonds is 8. The zero-order valence-electron chi connectivity index (χ0n) is 24.0. The number of ether oxygens (including phenoxy) is 1. The van der Waals surface area contributed by atoms with Crippen LogP contribution in [0.4, 0.5) is 11.4 Å². The van der Waals surface area contributed by atoms with Crippen molar-refractivity contribution in [2.75, 3.05) is 11.9 Å². The highest BCUT2D eigenvalue weighted by atomic mass is 16.6. The summed E-state index contributed by atoms with van der Waals surface area (Å²) in [5.74, 6) is -2.31. The van der Waals surface area contributed by atoms with E-state index in [2.05, 4.69) is 11.9 Å². The minimum Gasteiger partial charge on any atom is -0.489 e. The Morgan fingerprint density at radius 2 is 1.73 bits per heavy atom. The molecule has 1 fully saturated rings. The largest absolute Gasteiger partial charge is 0.489 e. The lowest BCUT2D eigenvalue weighted by Crippen LogP contribution is -2.49. The second-order valence-corrected chi connectivity index (χ2v) is 11.2. The Morgan fingerprint density at radius 1 is 0.978 bits per heavy atom. The first-order chi connectivity index (χ1) is 21.9. The summed E-state index contributed by atoms with van der Waals surface area (Å²) in [6, 6.07) is 25.1. The number of nitrogens with one attached hydrogen (secondary N) is 1. The summed E-state index contributed by atoms with van der Waals surface area (Å²) >= 11 is 0. The minimum atomic E-state index is -1.54. The predicted molar refractivity (Wildman–Crippen MR) is 168 cm³/mol. The quantitative estimate of drug-likeness (QED) is 0.112. The van der Waals surface area contributed by atoms with Crippen molar-refractivity contribution in [2.24, 2.45) is 5.92 Å². The molecule has 0 aromatic heterocycles. The van der Waals surface area contributed by atoms with Crippen molar-refractivity contribution < 1.29 is 24.0 Å². The zero-order chi connectivity index (χ0) is 31.3. The standard InChI is InChI=1S/C36H27N3O6/c1-2-20-45-29-17-8-5-14-26(29)33(41)30-31(32(40)23-11-9-12-24(21-23)39(43)44)38-19-18-22-10-3-4-13-25(22)34(38)36(30)27-15-6-7-16-28(27)37-35(36)42/h2-19,21,30-31,34H,1,20H2,(H,37,42). The number of benzene rings is 4. The van der Waals surface area contributed by atoms with Gasteiger partial charge in [-0.05, 0) is 41.0 Å². The molecule has 7 rings (SSSR count). The Balaban J connectivity index is 1.52. The van der Waals surface area contributed by atoms with Crippen LogP contribution in [0.2, 0.25) is 0 Å². The lowest BCUT2D eigenvalue weighted by Gasteiger charge is -2.38. The van der Waals surface area contributed by atoms with E-state index in [9.17, 15) is 19.7 Å². The average molecular weight is 598 g/mol. The lowest BCUT2D eigenvalue weighted by atomic mass is 9.62. The van der Waals surface area contributed by atoms with Crippen molar-refractivity contribution >= 4 is 34.9 Å². The van der Waals surface area contributed by atoms with E-state index in [1.54, 1.807) is 53.6 Å². The molecule has 45 heavy (non-hydrogen) atoms. The van der Waals surface area contributed by atoms with Crippen LogP contribution in [-0.2, 0) is 10.2 Å². The van der Waals surface area contributed by atoms with Gasteiger partial charge in [-0.15, -0.1) is 0 Å². The smallest absolute Gasteiger partial charge is 0.270 e. The zero-order valence-corrected chi connectivity index (χ0v) is 24.0. The Labute approximate surface area is 258 Å². The number of nitro groups is 1. The highest BCUT2D eigenvalue weighted by Crippen LogP contribution is 2.62. The monoisotopic (exact) mass is 597 g/mol. The molecular weight excluding hydrogens is 570 g/mol. The van der Waals surface area contributed by atoms with Crippen molar-refractivity contribution in [3.63, 3.8) is 0 Å². The van der Waals surface area contributed by atoms with Crippen molar-refractivity contribution in [1.29, 1.82) is 0 Å². The van der Waals surface area contributed by atoms with Crippen LogP contribution in [0.25, 0.3) is 6.08 Å². The molecule has 3 aliphatic rings. The maximum atomic E-state index is 15.1. The van der Waals surface area contributed by atoms with Gasteiger partial charge >= 0.3 is 0 Å². The van der Waals surface area contributed by atoms with Crippen molar-refractivity contribution in [3.8, 4) is 5.75 Å². The molecule has 1 N–H and O–H groups in total. The van der Waals surface area contributed by atoms with Gasteiger partial charge in [0.25, 0.3) is 5.69 Å². The molecule has 9 nitrogen and oxygen atoms in total. The van der Waals surface area contributed by atoms with Crippen LogP contribution in [0, 0.1) is 16.0 Å². The molecule has 0 saturated carbocycles. The van der Waals surface area contributed by atoms with Crippen LogP contribution in [-0.4, -0.2) is 39.9 Å². The van der Waals surface area contributed by atoms with Crippen LogP contribution >= 0.6 is 0 Å². The van der Waals surface area contributed by atoms with E-state index >= 15 is 4.79 Å². The first-order valence-electron chi connectivity index (χ1n) is 14.5. The molecule has 1 spiro atoms. The van der Waals surface area contributed by atoms with Crippen LogP contribution in [0.15, 0.2) is 116 Å². The first kappa shape index (κ1) is 28.0. The Bertz CT molecular complexity index is 1950. The predicted octanol–water partition coefficient (Wildman–Crippen LogP) is 6.14. The fraction of sp³-hybridized carbons (Fsp3) is 0.139. The number of hydrogen-bond acceptors (Lipinski definition) is 7. The summed E-state index contributed by atoms with van der Waals surface area (Å²) < 4.78 is 5.88. The molecule has 222 valence electrons. The van der Waals surface area contributed by atoms with E-state index in [0.717, 1.165) is 11.1 Å². The third-order valence-electron chi connectivity index (χ3n) is 8.97. The van der Waals surface area contributed by atoms with E-state index < -0.39 is 45.8 Å². The van der Waals surface area contributed by atoms with Crippen molar-refractivity contribution in [2.45, 2.75) is 17.5 Å². The number of anilines is 1. The summed E-state index contributed by atoms with van der Waals surface area (Å²) in [6.07, 6.45) is 5.19. The van der Waals surface area contributed by atoms with Crippen molar-refractivity contribution in [3.05, 3.63) is 154 Å². The van der Waals surface area contributed by atoms with Gasteiger partial charge < -0.3 is 15.0 Å². The molecule has 4 unspecified atom stereocenters. The molecule has 4 atom stereocenters. The summed E-state index contributed by atoms with van der Waals surface area (Å²) in [5, 5.41) is 14.7. The molecule has 0 aliphatic carbocycles. The van der Waals surface area contributed by atoms with Gasteiger partial charge in [0.1, 0.15) is 23.8 Å². The summed E-state index contributed by atoms with van der Waals surface area (Å²) in [5.41, 5.74) is 1.31. The van der Waals surface area contributed by atoms with Crippen LogP contribution in [0.3, 0.4) is 0 Å². The molecule has 4 aromatic carbocycles. The number of nitro benzene ring substituents is 1. The van der Waals surface area contributed by atoms with Gasteiger partial charge in [-0.2, -0.15) is 0 Å². The minimum absolute atomic E-state index is 0.0675. The number of carbonyl (C=O) groups excluding carboxylic acids is 3. The van der Waals surface area contributed by atoms with Gasteiger partial charge in [0.05, 0.1) is 22.4 Å². The average Bonchev–Trinajstić information content (AvgIpc) is 3.55. The number of para-hydroxylation sites is 2. The number of non-ortho nitro benzene ring substituents is 1. The molecule has 0 bridgehead atoms. The Hall–Kier alpha value is -5.83. The number of Topliss-reactive ketones (excluding diaryl/α,β-unsaturated/α-hetero) is 2. The SMILES string of the molecule is C=CCOc1ccccc1C(=O)C1C(C(=O)c2cccc([N+](=O)[O-])c2)N2C=Cc3ccccc3C2C12C(=O)Nc1ccccc12. The van der Waals surface area contributed by atoms with Gasteiger partial charge in [0.15, 0.2) is 11.6 Å². The molecule has 1 saturated heterocycles. The number of carbonyl (C=O) groups is 3. The van der Waals surface area contributed by atoms with Gasteiger partial charge in [-0.25, -0.2) is 0 Å². The number of nitrogens with zero attached hydrogens (tertiary/aromatic N) is 2. The van der Waals surface area contributed by atoms with E-state index in [1.807, 2.05) is 42.5 Å². The van der Waals surface area contributed by atoms with Gasteiger partial charge in [0.2, 0.25) is 5.91 Å². The maximum Gasteiger partial charge on any atom is 0.270 e. The van der Waals surface area contributed by atoms with Gasteiger partial charge in [-0.3, -0.25) is 24.5 Å². The molecule has 3 heterocycles. The summed E-state index contributed by atoms with van der Waals surface area (Å²) in [4.78, 5) is 57.4. The molecule has 0 radical (unpaired) electrons. The molecule has 9 heteroatoms. The highest BCUT2D eigenvalue weighted by molar-refractivity contribution is 6.17. The van der Waals surface area contributed by atoms with E-state index in [4.69, 9.17) is 4.74 Å². The Morgan fingerprint density at radius 3 is 2.56 bits per heavy atom. The normalized spacial score (nSPS) is 22.3. The molecular formula is C36H27N3O6. The number of hydrogen-bond donors (Lipinski definition) is 1. The highest BCUT2D eigenvalue weighted by Gasteiger charge is 2.71. The Kier molecular flexibility index (Phi) is 6.66. The number of ketones is 2. The third-order valence-corrected chi connectivity index (χ3v) is 8.97. The molecule has 1 amide bonds. The first-order valence-corrected chi connectivity index (χ1v) is 14.5. The van der Waals surface area contributed by atoms with E-state index in [-0.39, 0.29) is 23.4 Å². The van der Waals surface area contributed by atoms with Crippen molar-refractivity contribution in [1.82, 2.24) is 4.90 Å². The fourth-order valence-corrected chi connectivity index (χ4v) is 7.22. The summed E-state index contributed by atoms with van der Waals surface area (Å²) in [6.45, 7) is 3.85.